The monoisotopic (exact) mass is 255 g/mol. The van der Waals surface area contributed by atoms with Crippen molar-refractivity contribution in [1.82, 2.24) is 15.5 Å². The Morgan fingerprint density at radius 2 is 2.22 bits per heavy atom. The highest BCUT2D eigenvalue weighted by Gasteiger charge is 2.10. The third-order valence-corrected chi connectivity index (χ3v) is 2.41. The minimum atomic E-state index is -0.486. The molecule has 0 saturated carbocycles. The number of nitrogens with zero attached hydrogens (tertiary/aromatic N) is 2. The van der Waals surface area contributed by atoms with Crippen LogP contribution < -0.4 is 5.32 Å². The van der Waals surface area contributed by atoms with Gasteiger partial charge in [-0.3, -0.25) is 4.79 Å². The molecule has 6 nitrogen and oxygen atoms in total. The second-order valence-electron chi connectivity index (χ2n) is 4.82. The van der Waals surface area contributed by atoms with Crippen LogP contribution in [0.25, 0.3) is 0 Å². The van der Waals surface area contributed by atoms with Gasteiger partial charge in [-0.15, -0.1) is 0 Å². The number of aromatic nitrogens is 2. The van der Waals surface area contributed by atoms with E-state index in [0.29, 0.717) is 37.0 Å². The summed E-state index contributed by atoms with van der Waals surface area (Å²) in [7, 11) is 0. The number of hydrogen-bond acceptors (Lipinski definition) is 5. The number of rotatable bonds is 7. The molecule has 0 aromatic carbocycles. The van der Waals surface area contributed by atoms with Crippen molar-refractivity contribution in [2.24, 2.45) is 5.92 Å². The van der Waals surface area contributed by atoms with Crippen LogP contribution in [-0.4, -0.2) is 33.8 Å². The van der Waals surface area contributed by atoms with Gasteiger partial charge in [0.25, 0.3) is 0 Å². The molecule has 0 radical (unpaired) electrons. The largest absolute Gasteiger partial charge is 0.391 e. The van der Waals surface area contributed by atoms with Crippen molar-refractivity contribution in [3.05, 3.63) is 11.7 Å². The van der Waals surface area contributed by atoms with E-state index in [-0.39, 0.29) is 12.3 Å². The van der Waals surface area contributed by atoms with Crippen LogP contribution in [0.5, 0.6) is 0 Å². The zero-order valence-electron chi connectivity index (χ0n) is 11.1. The van der Waals surface area contributed by atoms with E-state index in [2.05, 4.69) is 15.5 Å². The molecule has 18 heavy (non-hydrogen) atoms. The molecule has 0 aliphatic carbocycles. The van der Waals surface area contributed by atoms with Crippen molar-refractivity contribution in [2.45, 2.75) is 46.1 Å². The van der Waals surface area contributed by atoms with E-state index in [0.717, 1.165) is 0 Å². The number of carbonyl (C=O) groups is 1. The van der Waals surface area contributed by atoms with Crippen LogP contribution in [0, 0.1) is 12.8 Å². The molecule has 102 valence electrons. The average molecular weight is 255 g/mol. The van der Waals surface area contributed by atoms with Crippen LogP contribution in [-0.2, 0) is 11.2 Å². The first-order valence-electron chi connectivity index (χ1n) is 6.21. The summed E-state index contributed by atoms with van der Waals surface area (Å²) in [5.74, 6) is 1.33. The number of aliphatic hydroxyl groups excluding tert-OH is 1. The predicted octanol–water partition coefficient (Wildman–Crippen LogP) is 0.834. The summed E-state index contributed by atoms with van der Waals surface area (Å²) in [5.41, 5.74) is 0. The Labute approximate surface area is 107 Å². The fourth-order valence-corrected chi connectivity index (χ4v) is 1.61. The van der Waals surface area contributed by atoms with Crippen LogP contribution in [0.4, 0.5) is 0 Å². The molecular weight excluding hydrogens is 234 g/mol. The van der Waals surface area contributed by atoms with Crippen molar-refractivity contribution in [2.75, 3.05) is 6.54 Å². The van der Waals surface area contributed by atoms with Crippen molar-refractivity contribution < 1.29 is 14.4 Å². The molecule has 0 fully saturated rings. The Kier molecular flexibility index (Phi) is 5.77. The Hall–Kier alpha value is -1.43. The smallest absolute Gasteiger partial charge is 0.227 e. The van der Waals surface area contributed by atoms with Gasteiger partial charge in [0, 0.05) is 19.4 Å². The molecule has 1 amide bonds. The van der Waals surface area contributed by atoms with E-state index in [1.54, 1.807) is 6.92 Å². The quantitative estimate of drug-likeness (QED) is 0.753. The third kappa shape index (κ3) is 5.77. The Balaban J connectivity index is 2.18. The van der Waals surface area contributed by atoms with Crippen molar-refractivity contribution >= 4 is 5.91 Å². The first-order chi connectivity index (χ1) is 8.47. The third-order valence-electron chi connectivity index (χ3n) is 2.41. The summed E-state index contributed by atoms with van der Waals surface area (Å²) < 4.78 is 4.90. The fraction of sp³-hybridized carbons (Fsp3) is 0.750. The zero-order chi connectivity index (χ0) is 13.5. The van der Waals surface area contributed by atoms with Gasteiger partial charge >= 0.3 is 0 Å². The van der Waals surface area contributed by atoms with Gasteiger partial charge in [-0.2, -0.15) is 4.98 Å². The molecule has 0 spiro atoms. The normalized spacial score (nSPS) is 12.7. The fourth-order valence-electron chi connectivity index (χ4n) is 1.61. The molecular formula is C12H21N3O3. The Morgan fingerprint density at radius 3 is 2.78 bits per heavy atom. The summed E-state index contributed by atoms with van der Waals surface area (Å²) >= 11 is 0. The summed E-state index contributed by atoms with van der Waals surface area (Å²) in [4.78, 5) is 15.5. The highest BCUT2D eigenvalue weighted by Crippen LogP contribution is 2.04. The lowest BCUT2D eigenvalue weighted by Crippen LogP contribution is -2.32. The number of nitrogens with one attached hydrogen (secondary N) is 1. The molecule has 2 N–H and O–H groups in total. The van der Waals surface area contributed by atoms with E-state index in [4.69, 9.17) is 4.52 Å². The van der Waals surface area contributed by atoms with Crippen molar-refractivity contribution in [3.63, 3.8) is 0 Å². The molecule has 0 saturated heterocycles. The van der Waals surface area contributed by atoms with Gasteiger partial charge in [-0.05, 0) is 19.3 Å². The van der Waals surface area contributed by atoms with E-state index < -0.39 is 6.10 Å². The van der Waals surface area contributed by atoms with Gasteiger partial charge in [-0.1, -0.05) is 19.0 Å². The zero-order valence-corrected chi connectivity index (χ0v) is 11.1. The molecule has 1 unspecified atom stereocenters. The van der Waals surface area contributed by atoms with E-state index in [1.165, 1.54) is 0 Å². The molecule has 0 aliphatic rings. The second-order valence-corrected chi connectivity index (χ2v) is 4.82. The van der Waals surface area contributed by atoms with Crippen LogP contribution >= 0.6 is 0 Å². The minimum absolute atomic E-state index is 0.117. The SMILES string of the molecule is Cc1noc(CCC(=O)NCC(O)CC(C)C)n1. The topological polar surface area (TPSA) is 88.2 Å². The van der Waals surface area contributed by atoms with Crippen LogP contribution in [0.15, 0.2) is 4.52 Å². The molecule has 6 heteroatoms. The number of hydrogen-bond donors (Lipinski definition) is 2. The van der Waals surface area contributed by atoms with E-state index in [9.17, 15) is 9.90 Å². The first kappa shape index (κ1) is 14.6. The van der Waals surface area contributed by atoms with Gasteiger partial charge < -0.3 is 14.9 Å². The summed E-state index contributed by atoms with van der Waals surface area (Å²) in [6.45, 7) is 6.08. The van der Waals surface area contributed by atoms with E-state index in [1.807, 2.05) is 13.8 Å². The molecule has 1 aromatic rings. The number of carbonyl (C=O) groups excluding carboxylic acids is 1. The molecule has 1 atom stereocenters. The number of amides is 1. The maximum absolute atomic E-state index is 11.5. The summed E-state index contributed by atoms with van der Waals surface area (Å²) in [6.07, 6.45) is 0.908. The van der Waals surface area contributed by atoms with Gasteiger partial charge in [0.2, 0.25) is 11.8 Å². The lowest BCUT2D eigenvalue weighted by molar-refractivity contribution is -0.121. The Morgan fingerprint density at radius 1 is 1.50 bits per heavy atom. The van der Waals surface area contributed by atoms with Crippen LogP contribution in [0.2, 0.25) is 0 Å². The lowest BCUT2D eigenvalue weighted by Gasteiger charge is -2.13. The van der Waals surface area contributed by atoms with Crippen LogP contribution in [0.1, 0.15) is 38.4 Å². The molecule has 1 heterocycles. The lowest BCUT2D eigenvalue weighted by atomic mass is 10.1. The molecule has 1 rings (SSSR count). The van der Waals surface area contributed by atoms with Crippen molar-refractivity contribution in [1.29, 1.82) is 0 Å². The average Bonchev–Trinajstić information content (AvgIpc) is 2.69. The maximum Gasteiger partial charge on any atom is 0.227 e. The van der Waals surface area contributed by atoms with Gasteiger partial charge in [0.05, 0.1) is 6.10 Å². The number of aliphatic hydroxyl groups is 1. The van der Waals surface area contributed by atoms with E-state index >= 15 is 0 Å². The summed E-state index contributed by atoms with van der Waals surface area (Å²) in [5, 5.41) is 15.9. The highest BCUT2D eigenvalue weighted by molar-refractivity contribution is 5.76. The van der Waals surface area contributed by atoms with Gasteiger partial charge in [0.15, 0.2) is 5.82 Å². The first-order valence-corrected chi connectivity index (χ1v) is 6.21. The summed E-state index contributed by atoms with van der Waals surface area (Å²) in [6, 6.07) is 0. The molecule has 0 bridgehead atoms. The molecule has 0 aliphatic heterocycles. The predicted molar refractivity (Wildman–Crippen MR) is 65.8 cm³/mol. The van der Waals surface area contributed by atoms with Gasteiger partial charge in [0.1, 0.15) is 0 Å². The highest BCUT2D eigenvalue weighted by atomic mass is 16.5. The van der Waals surface area contributed by atoms with Crippen molar-refractivity contribution in [3.8, 4) is 0 Å². The standard InChI is InChI=1S/C12H21N3O3/c1-8(2)6-10(16)7-13-11(17)4-5-12-14-9(3)15-18-12/h8,10,16H,4-7H2,1-3H3,(H,13,17). The Bertz CT molecular complexity index is 376. The minimum Gasteiger partial charge on any atom is -0.391 e. The second kappa shape index (κ2) is 7.10. The number of aryl methyl sites for hydroxylation is 2. The molecule has 1 aromatic heterocycles. The maximum atomic E-state index is 11.5. The van der Waals surface area contributed by atoms with Crippen LogP contribution in [0.3, 0.4) is 0 Å². The van der Waals surface area contributed by atoms with Gasteiger partial charge in [-0.25, -0.2) is 0 Å².